The van der Waals surface area contributed by atoms with Crippen LogP contribution in [-0.4, -0.2) is 36.6 Å². The molecule has 5 heteroatoms. The summed E-state index contributed by atoms with van der Waals surface area (Å²) in [6.45, 7) is 5.20. The van der Waals surface area contributed by atoms with Crippen LogP contribution in [0.15, 0.2) is 29.2 Å². The number of benzene rings is 1. The molecule has 0 radical (unpaired) electrons. The van der Waals surface area contributed by atoms with Crippen LogP contribution in [0.3, 0.4) is 0 Å². The summed E-state index contributed by atoms with van der Waals surface area (Å²) in [5.74, 6) is 0.197. The highest BCUT2D eigenvalue weighted by Gasteiger charge is 2.19. The van der Waals surface area contributed by atoms with E-state index in [1.807, 2.05) is 6.92 Å². The zero-order valence-corrected chi connectivity index (χ0v) is 13.1. The summed E-state index contributed by atoms with van der Waals surface area (Å²) in [6, 6.07) is 6.83. The zero-order chi connectivity index (χ0) is 15.3. The van der Waals surface area contributed by atoms with Gasteiger partial charge in [0.25, 0.3) is 0 Å². The SMILES string of the molecule is CCC(CC(O)C(C)O)c1ccc(S(=O)(=O)CC)cc1. The van der Waals surface area contributed by atoms with Crippen LogP contribution in [0.25, 0.3) is 0 Å². The van der Waals surface area contributed by atoms with Crippen LogP contribution >= 0.6 is 0 Å². The molecule has 0 heterocycles. The van der Waals surface area contributed by atoms with Crippen molar-refractivity contribution in [3.05, 3.63) is 29.8 Å². The van der Waals surface area contributed by atoms with Crippen molar-refractivity contribution in [2.45, 2.75) is 56.6 Å². The summed E-state index contributed by atoms with van der Waals surface area (Å²) in [4.78, 5) is 0.328. The van der Waals surface area contributed by atoms with Crippen LogP contribution in [-0.2, 0) is 9.84 Å². The Morgan fingerprint density at radius 1 is 1.10 bits per heavy atom. The minimum Gasteiger partial charge on any atom is -0.391 e. The number of sulfone groups is 1. The number of hydrogen-bond donors (Lipinski definition) is 2. The Morgan fingerprint density at radius 2 is 1.65 bits per heavy atom. The number of rotatable bonds is 7. The van der Waals surface area contributed by atoms with E-state index in [9.17, 15) is 18.6 Å². The van der Waals surface area contributed by atoms with Gasteiger partial charge in [0.15, 0.2) is 9.84 Å². The van der Waals surface area contributed by atoms with Crippen molar-refractivity contribution in [1.29, 1.82) is 0 Å². The molecule has 0 saturated carbocycles. The van der Waals surface area contributed by atoms with Crippen LogP contribution in [0.5, 0.6) is 0 Å². The fourth-order valence-corrected chi connectivity index (χ4v) is 3.02. The van der Waals surface area contributed by atoms with Crippen LogP contribution in [0.1, 0.15) is 45.1 Å². The molecule has 0 aliphatic heterocycles. The van der Waals surface area contributed by atoms with Crippen molar-refractivity contribution in [1.82, 2.24) is 0 Å². The van der Waals surface area contributed by atoms with Gasteiger partial charge in [-0.1, -0.05) is 26.0 Å². The van der Waals surface area contributed by atoms with E-state index in [1.54, 1.807) is 38.1 Å². The standard InChI is InChI=1S/C15H24O4S/c1-4-12(10-15(17)11(3)16)13-6-8-14(9-7-13)20(18,19)5-2/h6-9,11-12,15-17H,4-5,10H2,1-3H3. The van der Waals surface area contributed by atoms with Gasteiger partial charge in [0.2, 0.25) is 0 Å². The second-order valence-corrected chi connectivity index (χ2v) is 7.40. The highest BCUT2D eigenvalue weighted by Crippen LogP contribution is 2.27. The smallest absolute Gasteiger partial charge is 0.178 e. The van der Waals surface area contributed by atoms with Gasteiger partial charge in [0.1, 0.15) is 0 Å². The van der Waals surface area contributed by atoms with Gasteiger partial charge in [-0.25, -0.2) is 8.42 Å². The lowest BCUT2D eigenvalue weighted by molar-refractivity contribution is 0.0215. The van der Waals surface area contributed by atoms with Gasteiger partial charge in [-0.3, -0.25) is 0 Å². The third kappa shape index (κ3) is 4.30. The molecule has 114 valence electrons. The van der Waals surface area contributed by atoms with Crippen molar-refractivity contribution in [3.8, 4) is 0 Å². The van der Waals surface area contributed by atoms with Crippen LogP contribution in [0.2, 0.25) is 0 Å². The first kappa shape index (κ1) is 17.1. The average molecular weight is 300 g/mol. The van der Waals surface area contributed by atoms with Crippen molar-refractivity contribution >= 4 is 9.84 Å². The molecule has 0 bridgehead atoms. The van der Waals surface area contributed by atoms with Crippen molar-refractivity contribution in [2.75, 3.05) is 5.75 Å². The number of hydrogen-bond acceptors (Lipinski definition) is 4. The Bertz CT molecular complexity index is 505. The van der Waals surface area contributed by atoms with Gasteiger partial charge in [-0.2, -0.15) is 0 Å². The summed E-state index contributed by atoms with van der Waals surface area (Å²) in [6.07, 6.45) is -0.236. The molecular formula is C15H24O4S. The van der Waals surface area contributed by atoms with Crippen molar-refractivity contribution in [2.24, 2.45) is 0 Å². The highest BCUT2D eigenvalue weighted by atomic mass is 32.2. The lowest BCUT2D eigenvalue weighted by atomic mass is 9.90. The molecule has 4 nitrogen and oxygen atoms in total. The monoisotopic (exact) mass is 300 g/mol. The maximum absolute atomic E-state index is 11.7. The highest BCUT2D eigenvalue weighted by molar-refractivity contribution is 7.91. The molecule has 1 aromatic carbocycles. The Morgan fingerprint density at radius 3 is 2.05 bits per heavy atom. The van der Waals surface area contributed by atoms with E-state index in [2.05, 4.69) is 0 Å². The Hall–Kier alpha value is -0.910. The molecule has 1 rings (SSSR count). The summed E-state index contributed by atoms with van der Waals surface area (Å²) in [7, 11) is -3.17. The molecule has 1 aromatic rings. The van der Waals surface area contributed by atoms with E-state index >= 15 is 0 Å². The quantitative estimate of drug-likeness (QED) is 0.808. The zero-order valence-electron chi connectivity index (χ0n) is 12.3. The van der Waals surface area contributed by atoms with E-state index in [1.165, 1.54) is 0 Å². The van der Waals surface area contributed by atoms with Crippen LogP contribution in [0.4, 0.5) is 0 Å². The summed E-state index contributed by atoms with van der Waals surface area (Å²) < 4.78 is 23.5. The predicted octanol–water partition coefficient (Wildman–Crippen LogP) is 2.11. The summed E-state index contributed by atoms with van der Waals surface area (Å²) in [5, 5.41) is 19.1. The van der Waals surface area contributed by atoms with E-state index in [4.69, 9.17) is 0 Å². The predicted molar refractivity (Wildman–Crippen MR) is 79.5 cm³/mol. The summed E-state index contributed by atoms with van der Waals surface area (Å²) in [5.41, 5.74) is 0.988. The molecule has 3 unspecified atom stereocenters. The van der Waals surface area contributed by atoms with Crippen LogP contribution in [0, 0.1) is 0 Å². The van der Waals surface area contributed by atoms with Gasteiger partial charge >= 0.3 is 0 Å². The van der Waals surface area contributed by atoms with E-state index in [0.29, 0.717) is 11.3 Å². The van der Waals surface area contributed by atoms with E-state index in [-0.39, 0.29) is 11.7 Å². The molecule has 2 N–H and O–H groups in total. The molecule has 0 aliphatic rings. The second-order valence-electron chi connectivity index (χ2n) is 5.12. The molecule has 0 fully saturated rings. The maximum Gasteiger partial charge on any atom is 0.178 e. The lowest BCUT2D eigenvalue weighted by Crippen LogP contribution is -2.24. The third-order valence-corrected chi connectivity index (χ3v) is 5.42. The topological polar surface area (TPSA) is 74.6 Å². The molecule has 3 atom stereocenters. The minimum absolute atomic E-state index is 0.0876. The first-order valence-corrected chi connectivity index (χ1v) is 8.65. The molecular weight excluding hydrogens is 276 g/mol. The first-order chi connectivity index (χ1) is 9.31. The molecule has 20 heavy (non-hydrogen) atoms. The van der Waals surface area contributed by atoms with Crippen molar-refractivity contribution < 1.29 is 18.6 Å². The van der Waals surface area contributed by atoms with Gasteiger partial charge < -0.3 is 10.2 Å². The Labute approximate surface area is 121 Å². The average Bonchev–Trinajstić information content (AvgIpc) is 2.44. The molecule has 0 aromatic heterocycles. The number of aliphatic hydroxyl groups excluding tert-OH is 2. The maximum atomic E-state index is 11.7. The minimum atomic E-state index is -3.17. The fourth-order valence-electron chi connectivity index (χ4n) is 2.14. The third-order valence-electron chi connectivity index (χ3n) is 3.67. The molecule has 0 aliphatic carbocycles. The number of aliphatic hydroxyl groups is 2. The second kappa shape index (κ2) is 7.20. The van der Waals surface area contributed by atoms with Crippen LogP contribution < -0.4 is 0 Å². The fraction of sp³-hybridized carbons (Fsp3) is 0.600. The molecule has 0 saturated heterocycles. The normalized spacial score (nSPS) is 16.6. The van der Waals surface area contributed by atoms with E-state index in [0.717, 1.165) is 12.0 Å². The van der Waals surface area contributed by atoms with Crippen molar-refractivity contribution in [3.63, 3.8) is 0 Å². The molecule has 0 spiro atoms. The van der Waals surface area contributed by atoms with E-state index < -0.39 is 22.0 Å². The first-order valence-electron chi connectivity index (χ1n) is 7.00. The Kier molecular flexibility index (Phi) is 6.17. The summed E-state index contributed by atoms with van der Waals surface area (Å²) >= 11 is 0. The molecule has 0 amide bonds. The van der Waals surface area contributed by atoms with Gasteiger partial charge in [0.05, 0.1) is 22.9 Å². The Balaban J connectivity index is 2.91. The van der Waals surface area contributed by atoms with Gasteiger partial charge in [-0.05, 0) is 43.4 Å². The van der Waals surface area contributed by atoms with Gasteiger partial charge in [-0.15, -0.1) is 0 Å². The largest absolute Gasteiger partial charge is 0.391 e. The van der Waals surface area contributed by atoms with Gasteiger partial charge in [0, 0.05) is 0 Å². The lowest BCUT2D eigenvalue weighted by Gasteiger charge is -2.21.